The second-order valence-electron chi connectivity index (χ2n) is 6.94. The third kappa shape index (κ3) is 6.12. The van der Waals surface area contributed by atoms with Crippen molar-refractivity contribution >= 4 is 36.5 Å². The van der Waals surface area contributed by atoms with E-state index < -0.39 is 11.7 Å². The number of pyridine rings is 1. The Labute approximate surface area is 169 Å². The van der Waals surface area contributed by atoms with Crippen molar-refractivity contribution in [3.63, 3.8) is 0 Å². The SMILES string of the molecule is Cl.Cl.NC1CCC(C(=O)NC2CCN(c3ccc(C(F)(F)F)cn3)CC2)C1. The molecular weight excluding hydrogens is 404 g/mol. The van der Waals surface area contributed by atoms with Gasteiger partial charge in [0.25, 0.3) is 0 Å². The monoisotopic (exact) mass is 428 g/mol. The Morgan fingerprint density at radius 3 is 2.30 bits per heavy atom. The minimum absolute atomic E-state index is 0. The van der Waals surface area contributed by atoms with Gasteiger partial charge in [-0.1, -0.05) is 0 Å². The predicted octanol–water partition coefficient (Wildman–Crippen LogP) is 3.16. The molecule has 1 amide bonds. The van der Waals surface area contributed by atoms with Crippen molar-refractivity contribution in [2.75, 3.05) is 18.0 Å². The minimum atomic E-state index is -4.37. The molecule has 1 saturated heterocycles. The number of anilines is 1. The van der Waals surface area contributed by atoms with Crippen molar-refractivity contribution in [2.24, 2.45) is 11.7 Å². The number of alkyl halides is 3. The molecule has 2 aliphatic rings. The van der Waals surface area contributed by atoms with E-state index in [0.717, 1.165) is 44.4 Å². The number of nitrogens with one attached hydrogen (secondary N) is 1. The van der Waals surface area contributed by atoms with E-state index in [-0.39, 0.29) is 48.7 Å². The van der Waals surface area contributed by atoms with E-state index in [0.29, 0.717) is 18.9 Å². The van der Waals surface area contributed by atoms with Crippen LogP contribution in [0.3, 0.4) is 0 Å². The number of hydrogen-bond donors (Lipinski definition) is 2. The zero-order valence-electron chi connectivity index (χ0n) is 14.7. The van der Waals surface area contributed by atoms with E-state index in [2.05, 4.69) is 10.3 Å². The van der Waals surface area contributed by atoms with E-state index in [1.54, 1.807) is 0 Å². The quantitative estimate of drug-likeness (QED) is 0.775. The summed E-state index contributed by atoms with van der Waals surface area (Å²) in [4.78, 5) is 18.1. The molecule has 154 valence electrons. The number of nitrogens with two attached hydrogens (primary N) is 1. The van der Waals surface area contributed by atoms with Crippen LogP contribution in [-0.4, -0.2) is 36.1 Å². The molecule has 27 heavy (non-hydrogen) atoms. The fourth-order valence-electron chi connectivity index (χ4n) is 3.57. The van der Waals surface area contributed by atoms with Crippen molar-refractivity contribution in [1.29, 1.82) is 0 Å². The van der Waals surface area contributed by atoms with E-state index >= 15 is 0 Å². The fraction of sp³-hybridized carbons (Fsp3) is 0.647. The second-order valence-corrected chi connectivity index (χ2v) is 6.94. The van der Waals surface area contributed by atoms with Gasteiger partial charge in [-0.3, -0.25) is 4.79 Å². The Balaban J connectivity index is 0.00000182. The first-order valence-electron chi connectivity index (χ1n) is 8.67. The molecular formula is C17H25Cl2F3N4O. The summed E-state index contributed by atoms with van der Waals surface area (Å²) in [5, 5.41) is 3.09. The topological polar surface area (TPSA) is 71.2 Å². The molecule has 0 radical (unpaired) electrons. The summed E-state index contributed by atoms with van der Waals surface area (Å²) >= 11 is 0. The molecule has 0 bridgehead atoms. The summed E-state index contributed by atoms with van der Waals surface area (Å²) in [6.45, 7) is 1.32. The van der Waals surface area contributed by atoms with Gasteiger partial charge in [0.1, 0.15) is 5.82 Å². The Bertz CT molecular complexity index is 607. The smallest absolute Gasteiger partial charge is 0.356 e. The molecule has 1 aromatic rings. The average Bonchev–Trinajstić information content (AvgIpc) is 3.02. The van der Waals surface area contributed by atoms with Crippen LogP contribution in [-0.2, 0) is 11.0 Å². The van der Waals surface area contributed by atoms with Crippen LogP contribution in [0.5, 0.6) is 0 Å². The van der Waals surface area contributed by atoms with Gasteiger partial charge >= 0.3 is 6.18 Å². The van der Waals surface area contributed by atoms with Gasteiger partial charge in [0.2, 0.25) is 5.91 Å². The maximum Gasteiger partial charge on any atom is 0.417 e. The highest BCUT2D eigenvalue weighted by atomic mass is 35.5. The third-order valence-electron chi connectivity index (χ3n) is 5.08. The summed E-state index contributed by atoms with van der Waals surface area (Å²) in [5.41, 5.74) is 5.11. The lowest BCUT2D eigenvalue weighted by molar-refractivity contribution is -0.137. The molecule has 2 fully saturated rings. The first-order valence-corrected chi connectivity index (χ1v) is 8.67. The van der Waals surface area contributed by atoms with Crippen LogP contribution < -0.4 is 16.0 Å². The molecule has 2 heterocycles. The Morgan fingerprint density at radius 2 is 1.81 bits per heavy atom. The summed E-state index contributed by atoms with van der Waals surface area (Å²) in [6.07, 6.45) is 0.510. The van der Waals surface area contributed by atoms with Crippen LogP contribution >= 0.6 is 24.8 Å². The van der Waals surface area contributed by atoms with Crippen molar-refractivity contribution < 1.29 is 18.0 Å². The lowest BCUT2D eigenvalue weighted by Crippen LogP contribution is -2.46. The van der Waals surface area contributed by atoms with Crippen LogP contribution in [0.1, 0.15) is 37.7 Å². The molecule has 2 atom stereocenters. The zero-order chi connectivity index (χ0) is 18.0. The van der Waals surface area contributed by atoms with Crippen LogP contribution in [0, 0.1) is 5.92 Å². The van der Waals surface area contributed by atoms with Gasteiger partial charge in [-0.05, 0) is 44.2 Å². The third-order valence-corrected chi connectivity index (χ3v) is 5.08. The number of hydrogen-bond acceptors (Lipinski definition) is 4. The first kappa shape index (κ1) is 23.8. The fourth-order valence-corrected chi connectivity index (χ4v) is 3.57. The lowest BCUT2D eigenvalue weighted by Gasteiger charge is -2.33. The molecule has 5 nitrogen and oxygen atoms in total. The molecule has 3 N–H and O–H groups in total. The number of amides is 1. The predicted molar refractivity (Wildman–Crippen MR) is 102 cm³/mol. The van der Waals surface area contributed by atoms with Crippen molar-refractivity contribution in [3.05, 3.63) is 23.9 Å². The summed E-state index contributed by atoms with van der Waals surface area (Å²) in [6, 6.07) is 2.69. The number of carbonyl (C=O) groups excluding carboxylic acids is 1. The van der Waals surface area contributed by atoms with Gasteiger partial charge in [0.05, 0.1) is 5.56 Å². The van der Waals surface area contributed by atoms with Crippen molar-refractivity contribution in [1.82, 2.24) is 10.3 Å². The Kier molecular flexibility index (Phi) is 8.63. The van der Waals surface area contributed by atoms with Gasteiger partial charge in [0, 0.05) is 37.3 Å². The molecule has 1 saturated carbocycles. The minimum Gasteiger partial charge on any atom is -0.356 e. The van der Waals surface area contributed by atoms with E-state index in [4.69, 9.17) is 5.73 Å². The lowest BCUT2D eigenvalue weighted by atomic mass is 10.0. The highest BCUT2D eigenvalue weighted by Crippen LogP contribution is 2.30. The molecule has 2 unspecified atom stereocenters. The normalized spacial score (nSPS) is 23.3. The van der Waals surface area contributed by atoms with Crippen LogP contribution in [0.15, 0.2) is 18.3 Å². The van der Waals surface area contributed by atoms with Gasteiger partial charge in [0.15, 0.2) is 0 Å². The largest absolute Gasteiger partial charge is 0.417 e. The Hall–Kier alpha value is -1.25. The number of nitrogens with zero attached hydrogens (tertiary/aromatic N) is 2. The molecule has 3 rings (SSSR count). The molecule has 10 heteroatoms. The summed E-state index contributed by atoms with van der Waals surface area (Å²) < 4.78 is 37.8. The van der Waals surface area contributed by atoms with Gasteiger partial charge in [-0.2, -0.15) is 13.2 Å². The first-order chi connectivity index (χ1) is 11.8. The highest BCUT2D eigenvalue weighted by Gasteiger charge is 2.32. The summed E-state index contributed by atoms with van der Waals surface area (Å²) in [7, 11) is 0. The van der Waals surface area contributed by atoms with E-state index in [9.17, 15) is 18.0 Å². The van der Waals surface area contributed by atoms with Gasteiger partial charge in [-0.25, -0.2) is 4.98 Å². The number of carbonyl (C=O) groups is 1. The highest BCUT2D eigenvalue weighted by molar-refractivity contribution is 5.85. The van der Waals surface area contributed by atoms with Crippen LogP contribution in [0.2, 0.25) is 0 Å². The maximum atomic E-state index is 12.6. The molecule has 1 aliphatic carbocycles. The number of piperidine rings is 1. The molecule has 0 aromatic carbocycles. The van der Waals surface area contributed by atoms with Gasteiger partial charge in [-0.15, -0.1) is 24.8 Å². The number of halogens is 5. The van der Waals surface area contributed by atoms with Crippen molar-refractivity contribution in [2.45, 2.75) is 50.4 Å². The molecule has 1 aromatic heterocycles. The Morgan fingerprint density at radius 1 is 1.15 bits per heavy atom. The number of aromatic nitrogens is 1. The van der Waals surface area contributed by atoms with Crippen LogP contribution in [0.4, 0.5) is 19.0 Å². The zero-order valence-corrected chi connectivity index (χ0v) is 16.4. The molecule has 0 spiro atoms. The van der Waals surface area contributed by atoms with E-state index in [1.165, 1.54) is 6.07 Å². The average molecular weight is 429 g/mol. The maximum absolute atomic E-state index is 12.6. The second kappa shape index (κ2) is 9.80. The molecule has 1 aliphatic heterocycles. The summed E-state index contributed by atoms with van der Waals surface area (Å²) in [5.74, 6) is 0.642. The number of rotatable bonds is 3. The van der Waals surface area contributed by atoms with Gasteiger partial charge < -0.3 is 16.0 Å². The van der Waals surface area contributed by atoms with E-state index in [1.807, 2.05) is 4.90 Å². The van der Waals surface area contributed by atoms with Crippen LogP contribution in [0.25, 0.3) is 0 Å². The van der Waals surface area contributed by atoms with Crippen molar-refractivity contribution in [3.8, 4) is 0 Å². The standard InChI is InChI=1S/C17H23F3N4O.2ClH/c18-17(19,20)12-2-4-15(22-10-12)24-7-5-14(6-8-24)23-16(25)11-1-3-13(21)9-11;;/h2,4,10-11,13-14H,1,3,5-9,21H2,(H,23,25);2*1H.